The van der Waals surface area contributed by atoms with Crippen molar-refractivity contribution in [3.05, 3.63) is 47.5 Å². The Labute approximate surface area is 112 Å². The first-order chi connectivity index (χ1) is 9.36. The fourth-order valence-electron chi connectivity index (χ4n) is 2.38. The van der Waals surface area contributed by atoms with Crippen molar-refractivity contribution in [2.24, 2.45) is 5.73 Å². The predicted molar refractivity (Wildman–Crippen MR) is 71.1 cm³/mol. The van der Waals surface area contributed by atoms with Gasteiger partial charge in [0, 0.05) is 6.54 Å². The average Bonchev–Trinajstić information content (AvgIpc) is 2.90. The van der Waals surface area contributed by atoms with E-state index in [0.717, 1.165) is 25.2 Å². The minimum absolute atomic E-state index is 0.0294. The highest BCUT2D eigenvalue weighted by Gasteiger charge is 2.24. The van der Waals surface area contributed by atoms with E-state index in [0.29, 0.717) is 19.0 Å². The molecule has 0 bridgehead atoms. The highest BCUT2D eigenvalue weighted by atomic mass is 16.5. The maximum Gasteiger partial charge on any atom is 0.164 e. The molecule has 2 aromatic rings. The molecule has 0 saturated carbocycles. The molecule has 0 amide bonds. The van der Waals surface area contributed by atoms with E-state index in [1.165, 1.54) is 5.56 Å². The van der Waals surface area contributed by atoms with E-state index in [1.807, 2.05) is 22.9 Å². The van der Waals surface area contributed by atoms with E-state index >= 15 is 0 Å². The number of nitrogens with zero attached hydrogens (tertiary/aromatic N) is 3. The summed E-state index contributed by atoms with van der Waals surface area (Å²) in [7, 11) is 0. The van der Waals surface area contributed by atoms with Crippen LogP contribution in [0.15, 0.2) is 30.3 Å². The van der Waals surface area contributed by atoms with Crippen molar-refractivity contribution >= 4 is 0 Å². The molecule has 2 heterocycles. The van der Waals surface area contributed by atoms with E-state index in [9.17, 15) is 0 Å². The number of benzene rings is 1. The van der Waals surface area contributed by atoms with E-state index in [1.54, 1.807) is 0 Å². The number of hydrogen-bond acceptors (Lipinski definition) is 4. The summed E-state index contributed by atoms with van der Waals surface area (Å²) in [6.45, 7) is 1.90. The molecule has 3 rings (SSSR count). The van der Waals surface area contributed by atoms with Crippen molar-refractivity contribution in [3.8, 4) is 0 Å². The fourth-order valence-corrected chi connectivity index (χ4v) is 2.38. The van der Waals surface area contributed by atoms with Crippen molar-refractivity contribution in [1.29, 1.82) is 0 Å². The molecule has 0 fully saturated rings. The molecule has 1 unspecified atom stereocenters. The van der Waals surface area contributed by atoms with Crippen LogP contribution in [-0.2, 0) is 24.4 Å². The summed E-state index contributed by atoms with van der Waals surface area (Å²) in [6, 6.07) is 10.2. The molecule has 0 saturated heterocycles. The van der Waals surface area contributed by atoms with Gasteiger partial charge in [-0.2, -0.15) is 5.10 Å². The van der Waals surface area contributed by atoms with Gasteiger partial charge in [0.05, 0.1) is 13.2 Å². The predicted octanol–water partition coefficient (Wildman–Crippen LogP) is 1.79. The van der Waals surface area contributed by atoms with Gasteiger partial charge in [-0.1, -0.05) is 30.3 Å². The van der Waals surface area contributed by atoms with Gasteiger partial charge in [0.1, 0.15) is 6.10 Å². The van der Waals surface area contributed by atoms with Crippen LogP contribution in [0.3, 0.4) is 0 Å². The number of fused-ring (bicyclic) bond motifs is 1. The number of nitrogens with two attached hydrogens (primary N) is 1. The standard InChI is InChI=1S/C14H18N4O/c15-9-13-16-14-12(7-4-8-18(14)17-13)19-10-11-5-2-1-3-6-11/h1-3,5-6,12H,4,7-10,15H2. The van der Waals surface area contributed by atoms with Crippen LogP contribution in [0.1, 0.15) is 36.2 Å². The summed E-state index contributed by atoms with van der Waals surface area (Å²) in [5, 5.41) is 4.38. The second-order valence-electron chi connectivity index (χ2n) is 4.74. The molecule has 1 atom stereocenters. The molecule has 1 aliphatic rings. The summed E-state index contributed by atoms with van der Waals surface area (Å²) in [4.78, 5) is 4.46. The topological polar surface area (TPSA) is 66.0 Å². The Bertz CT molecular complexity index is 538. The van der Waals surface area contributed by atoms with Crippen LogP contribution in [0.2, 0.25) is 0 Å². The minimum atomic E-state index is 0.0294. The Kier molecular flexibility index (Phi) is 3.57. The van der Waals surface area contributed by atoms with Gasteiger partial charge in [-0.3, -0.25) is 0 Å². The van der Waals surface area contributed by atoms with Crippen LogP contribution >= 0.6 is 0 Å². The van der Waals surface area contributed by atoms with Crippen LogP contribution < -0.4 is 5.73 Å². The van der Waals surface area contributed by atoms with Gasteiger partial charge in [-0.15, -0.1) is 0 Å². The summed E-state index contributed by atoms with van der Waals surface area (Å²) < 4.78 is 7.92. The molecule has 0 radical (unpaired) electrons. The van der Waals surface area contributed by atoms with Gasteiger partial charge in [0.2, 0.25) is 0 Å². The maximum atomic E-state index is 5.99. The average molecular weight is 258 g/mol. The molecular weight excluding hydrogens is 240 g/mol. The van der Waals surface area contributed by atoms with Crippen molar-refractivity contribution < 1.29 is 4.74 Å². The van der Waals surface area contributed by atoms with Gasteiger partial charge in [-0.25, -0.2) is 9.67 Å². The molecule has 5 nitrogen and oxygen atoms in total. The number of rotatable bonds is 4. The van der Waals surface area contributed by atoms with Crippen molar-refractivity contribution in [2.75, 3.05) is 0 Å². The highest BCUT2D eigenvalue weighted by Crippen LogP contribution is 2.27. The molecule has 1 aromatic carbocycles. The van der Waals surface area contributed by atoms with Gasteiger partial charge < -0.3 is 10.5 Å². The monoisotopic (exact) mass is 258 g/mol. The lowest BCUT2D eigenvalue weighted by Crippen LogP contribution is -2.19. The Hall–Kier alpha value is -1.72. The molecular formula is C14H18N4O. The van der Waals surface area contributed by atoms with Crippen LogP contribution in [0.4, 0.5) is 0 Å². The Morgan fingerprint density at radius 3 is 2.95 bits per heavy atom. The van der Waals surface area contributed by atoms with Crippen LogP contribution in [-0.4, -0.2) is 14.8 Å². The van der Waals surface area contributed by atoms with Gasteiger partial charge in [0.15, 0.2) is 11.6 Å². The zero-order valence-corrected chi connectivity index (χ0v) is 10.8. The Morgan fingerprint density at radius 1 is 1.32 bits per heavy atom. The smallest absolute Gasteiger partial charge is 0.164 e. The SMILES string of the molecule is NCc1nc2n(n1)CCCC2OCc1ccccc1. The molecule has 5 heteroatoms. The van der Waals surface area contributed by atoms with Gasteiger partial charge >= 0.3 is 0 Å². The first-order valence-corrected chi connectivity index (χ1v) is 6.66. The van der Waals surface area contributed by atoms with E-state index < -0.39 is 0 Å². The first kappa shape index (κ1) is 12.3. The summed E-state index contributed by atoms with van der Waals surface area (Å²) in [5.74, 6) is 1.62. The van der Waals surface area contributed by atoms with Crippen LogP contribution in [0.25, 0.3) is 0 Å². The second kappa shape index (κ2) is 5.50. The second-order valence-corrected chi connectivity index (χ2v) is 4.74. The van der Waals surface area contributed by atoms with Crippen LogP contribution in [0.5, 0.6) is 0 Å². The third-order valence-corrected chi connectivity index (χ3v) is 3.35. The number of hydrogen-bond donors (Lipinski definition) is 1. The third kappa shape index (κ3) is 2.67. The van der Waals surface area contributed by atoms with Gasteiger partial charge in [-0.05, 0) is 18.4 Å². The molecule has 2 N–H and O–H groups in total. The van der Waals surface area contributed by atoms with Crippen LogP contribution in [0, 0.1) is 0 Å². The number of ether oxygens (including phenoxy) is 1. The number of aryl methyl sites for hydroxylation is 1. The van der Waals surface area contributed by atoms with E-state index in [-0.39, 0.29) is 6.10 Å². The van der Waals surface area contributed by atoms with Crippen molar-refractivity contribution in [1.82, 2.24) is 14.8 Å². The molecule has 0 aliphatic carbocycles. The maximum absolute atomic E-state index is 5.99. The lowest BCUT2D eigenvalue weighted by atomic mass is 10.1. The highest BCUT2D eigenvalue weighted by molar-refractivity contribution is 5.13. The van der Waals surface area contributed by atoms with Crippen molar-refractivity contribution in [3.63, 3.8) is 0 Å². The fraction of sp³-hybridized carbons (Fsp3) is 0.429. The quantitative estimate of drug-likeness (QED) is 0.908. The van der Waals surface area contributed by atoms with Gasteiger partial charge in [0.25, 0.3) is 0 Å². The molecule has 100 valence electrons. The lowest BCUT2D eigenvalue weighted by molar-refractivity contribution is 0.0146. The zero-order chi connectivity index (χ0) is 13.1. The number of aromatic nitrogens is 3. The largest absolute Gasteiger partial charge is 0.366 e. The summed E-state index contributed by atoms with van der Waals surface area (Å²) >= 11 is 0. The Balaban J connectivity index is 1.71. The lowest BCUT2D eigenvalue weighted by Gasteiger charge is -2.22. The minimum Gasteiger partial charge on any atom is -0.366 e. The first-order valence-electron chi connectivity index (χ1n) is 6.66. The summed E-state index contributed by atoms with van der Waals surface area (Å²) in [6.07, 6.45) is 2.09. The third-order valence-electron chi connectivity index (χ3n) is 3.35. The molecule has 0 spiro atoms. The molecule has 19 heavy (non-hydrogen) atoms. The zero-order valence-electron chi connectivity index (χ0n) is 10.8. The Morgan fingerprint density at radius 2 is 2.16 bits per heavy atom. The van der Waals surface area contributed by atoms with Crippen molar-refractivity contribution in [2.45, 2.75) is 38.6 Å². The molecule has 1 aromatic heterocycles. The van der Waals surface area contributed by atoms with E-state index in [4.69, 9.17) is 10.5 Å². The normalized spacial score (nSPS) is 18.3. The van der Waals surface area contributed by atoms with E-state index in [2.05, 4.69) is 22.2 Å². The summed E-state index contributed by atoms with van der Waals surface area (Å²) in [5.41, 5.74) is 6.77. The molecule has 1 aliphatic heterocycles.